The predicted molar refractivity (Wildman–Crippen MR) is 126 cm³/mol. The molecule has 1 aromatic heterocycles. The van der Waals surface area contributed by atoms with Crippen LogP contribution in [0, 0.1) is 6.92 Å². The number of para-hydroxylation sites is 1. The number of amides is 1. The topological polar surface area (TPSA) is 112 Å². The molecule has 0 fully saturated rings. The van der Waals surface area contributed by atoms with Gasteiger partial charge in [0, 0.05) is 13.1 Å². The van der Waals surface area contributed by atoms with Gasteiger partial charge in [-0.25, -0.2) is 13.1 Å². The van der Waals surface area contributed by atoms with Crippen LogP contribution in [0.3, 0.4) is 0 Å². The van der Waals surface area contributed by atoms with Crippen molar-refractivity contribution in [3.8, 4) is 17.2 Å². The molecule has 3 rings (SSSR count). The van der Waals surface area contributed by atoms with Gasteiger partial charge in [-0.1, -0.05) is 18.2 Å². The third-order valence-corrected chi connectivity index (χ3v) is 6.29. The number of carbonyl (C=O) groups is 1. The quantitative estimate of drug-likeness (QED) is 0.534. The van der Waals surface area contributed by atoms with Crippen molar-refractivity contribution < 1.29 is 22.7 Å². The van der Waals surface area contributed by atoms with Gasteiger partial charge in [0.2, 0.25) is 15.9 Å². The monoisotopic (exact) mass is 474 g/mol. The van der Waals surface area contributed by atoms with E-state index in [-0.39, 0.29) is 17.1 Å². The number of nitrogens with one attached hydrogen (secondary N) is 1. The number of aromatic nitrogens is 2. The molecule has 2 aromatic carbocycles. The van der Waals surface area contributed by atoms with Crippen molar-refractivity contribution in [3.63, 3.8) is 0 Å². The van der Waals surface area contributed by atoms with E-state index in [1.54, 1.807) is 55.1 Å². The Balaban J connectivity index is 1.96. The van der Waals surface area contributed by atoms with E-state index in [4.69, 9.17) is 9.47 Å². The number of benzene rings is 2. The zero-order valence-corrected chi connectivity index (χ0v) is 19.8. The van der Waals surface area contributed by atoms with Crippen LogP contribution in [0.15, 0.2) is 53.3 Å². The van der Waals surface area contributed by atoms with Crippen LogP contribution in [0.4, 0.5) is 11.4 Å². The van der Waals surface area contributed by atoms with Crippen molar-refractivity contribution in [2.75, 3.05) is 36.6 Å². The Morgan fingerprint density at radius 3 is 2.33 bits per heavy atom. The van der Waals surface area contributed by atoms with Gasteiger partial charge in [-0.3, -0.25) is 18.6 Å². The maximum atomic E-state index is 13.0. The summed E-state index contributed by atoms with van der Waals surface area (Å²) in [4.78, 5) is 26.0. The second kappa shape index (κ2) is 9.41. The second-order valence-electron chi connectivity index (χ2n) is 7.29. The van der Waals surface area contributed by atoms with E-state index < -0.39 is 28.0 Å². The highest BCUT2D eigenvalue weighted by Gasteiger charge is 2.26. The molecule has 33 heavy (non-hydrogen) atoms. The van der Waals surface area contributed by atoms with Gasteiger partial charge in [-0.05, 0) is 31.2 Å². The zero-order valence-electron chi connectivity index (χ0n) is 19.0. The summed E-state index contributed by atoms with van der Waals surface area (Å²) >= 11 is 0. The van der Waals surface area contributed by atoms with Crippen LogP contribution in [0.1, 0.15) is 5.69 Å². The number of hydrogen-bond acceptors (Lipinski definition) is 6. The maximum absolute atomic E-state index is 13.0. The Bertz CT molecular complexity index is 1330. The van der Waals surface area contributed by atoms with E-state index in [0.29, 0.717) is 17.1 Å². The highest BCUT2D eigenvalue weighted by atomic mass is 32.2. The maximum Gasteiger partial charge on any atom is 0.295 e. The van der Waals surface area contributed by atoms with Crippen molar-refractivity contribution in [1.29, 1.82) is 0 Å². The van der Waals surface area contributed by atoms with Gasteiger partial charge in [0.1, 0.15) is 23.7 Å². The van der Waals surface area contributed by atoms with Crippen LogP contribution >= 0.6 is 0 Å². The fourth-order valence-corrected chi connectivity index (χ4v) is 4.25. The highest BCUT2D eigenvalue weighted by Crippen LogP contribution is 2.33. The van der Waals surface area contributed by atoms with Gasteiger partial charge in [0.05, 0.1) is 37.5 Å². The second-order valence-corrected chi connectivity index (χ2v) is 9.20. The average molecular weight is 475 g/mol. The Morgan fingerprint density at radius 1 is 1.09 bits per heavy atom. The largest absolute Gasteiger partial charge is 0.497 e. The zero-order chi connectivity index (χ0) is 24.3. The first-order valence-corrected chi connectivity index (χ1v) is 11.8. The van der Waals surface area contributed by atoms with Crippen LogP contribution < -0.4 is 24.7 Å². The van der Waals surface area contributed by atoms with Gasteiger partial charge < -0.3 is 14.8 Å². The van der Waals surface area contributed by atoms with Gasteiger partial charge in [-0.2, -0.15) is 0 Å². The SMILES string of the molecule is COc1ccc(OC)c(N(CC(=O)Nc2c(C)n(C)n(-c3ccccc3)c2=O)S(C)(=O)=O)c1. The van der Waals surface area contributed by atoms with E-state index in [1.165, 1.54) is 25.0 Å². The van der Waals surface area contributed by atoms with Gasteiger partial charge in [0.25, 0.3) is 5.56 Å². The number of hydrogen-bond donors (Lipinski definition) is 1. The molecule has 0 radical (unpaired) electrons. The molecule has 1 N–H and O–H groups in total. The number of sulfonamides is 1. The number of rotatable bonds is 8. The summed E-state index contributed by atoms with van der Waals surface area (Å²) < 4.78 is 39.5. The molecule has 0 aliphatic rings. The van der Waals surface area contributed by atoms with Crippen LogP contribution in [-0.4, -0.2) is 50.7 Å². The highest BCUT2D eigenvalue weighted by molar-refractivity contribution is 7.92. The Morgan fingerprint density at radius 2 is 1.76 bits per heavy atom. The molecule has 11 heteroatoms. The molecule has 0 aliphatic heterocycles. The first kappa shape index (κ1) is 23.9. The third kappa shape index (κ3) is 4.87. The fourth-order valence-electron chi connectivity index (χ4n) is 3.39. The molecule has 10 nitrogen and oxygen atoms in total. The van der Waals surface area contributed by atoms with E-state index >= 15 is 0 Å². The molecule has 0 atom stereocenters. The number of methoxy groups -OCH3 is 2. The van der Waals surface area contributed by atoms with E-state index in [1.807, 2.05) is 6.07 Å². The number of anilines is 2. The molecule has 0 spiro atoms. The summed E-state index contributed by atoms with van der Waals surface area (Å²) in [7, 11) is 0.655. The lowest BCUT2D eigenvalue weighted by molar-refractivity contribution is -0.114. The number of ether oxygens (including phenoxy) is 2. The smallest absolute Gasteiger partial charge is 0.295 e. The standard InChI is InChI=1S/C22H26N4O6S/c1-15-21(22(28)26(24(15)2)16-9-7-6-8-10-16)23-20(27)14-25(33(5,29)30)18-13-17(31-3)11-12-19(18)32-4/h6-13H,14H2,1-5H3,(H,23,27). The summed E-state index contributed by atoms with van der Waals surface area (Å²) in [6, 6.07) is 13.6. The minimum absolute atomic E-state index is 0.0670. The predicted octanol–water partition coefficient (Wildman–Crippen LogP) is 1.91. The van der Waals surface area contributed by atoms with Gasteiger partial charge in [0.15, 0.2) is 0 Å². The van der Waals surface area contributed by atoms with Crippen molar-refractivity contribution in [2.45, 2.75) is 6.92 Å². The number of nitrogens with zero attached hydrogens (tertiary/aromatic N) is 3. The van der Waals surface area contributed by atoms with Crippen LogP contribution in [0.5, 0.6) is 11.5 Å². The van der Waals surface area contributed by atoms with E-state index in [0.717, 1.165) is 10.6 Å². The lowest BCUT2D eigenvalue weighted by atomic mass is 10.2. The van der Waals surface area contributed by atoms with Gasteiger partial charge >= 0.3 is 0 Å². The third-order valence-electron chi connectivity index (χ3n) is 5.16. The van der Waals surface area contributed by atoms with Crippen molar-refractivity contribution in [2.24, 2.45) is 7.05 Å². The molecule has 3 aromatic rings. The van der Waals surface area contributed by atoms with E-state index in [2.05, 4.69) is 5.32 Å². The molecule has 0 bridgehead atoms. The van der Waals surface area contributed by atoms with Crippen LogP contribution in [0.25, 0.3) is 5.69 Å². The minimum Gasteiger partial charge on any atom is -0.497 e. The molecular weight excluding hydrogens is 448 g/mol. The molecule has 176 valence electrons. The Hall–Kier alpha value is -3.73. The Kier molecular flexibility index (Phi) is 6.82. The number of carbonyl (C=O) groups excluding carboxylic acids is 1. The molecule has 0 saturated heterocycles. The first-order chi connectivity index (χ1) is 15.6. The summed E-state index contributed by atoms with van der Waals surface area (Å²) in [5.41, 5.74) is 0.923. The molecule has 1 amide bonds. The van der Waals surface area contributed by atoms with Crippen LogP contribution in [-0.2, 0) is 21.9 Å². The summed E-state index contributed by atoms with van der Waals surface area (Å²) in [6.45, 7) is 1.12. The van der Waals surface area contributed by atoms with Crippen molar-refractivity contribution in [1.82, 2.24) is 9.36 Å². The molecule has 1 heterocycles. The summed E-state index contributed by atoms with van der Waals surface area (Å²) in [5, 5.41) is 2.58. The Labute approximate surface area is 192 Å². The molecule has 0 aliphatic carbocycles. The van der Waals surface area contributed by atoms with Crippen LogP contribution in [0.2, 0.25) is 0 Å². The molecule has 0 saturated carbocycles. The first-order valence-electron chi connectivity index (χ1n) is 9.92. The van der Waals surface area contributed by atoms with Crippen molar-refractivity contribution >= 4 is 27.3 Å². The fraction of sp³-hybridized carbons (Fsp3) is 0.273. The normalized spacial score (nSPS) is 11.2. The van der Waals surface area contributed by atoms with E-state index in [9.17, 15) is 18.0 Å². The average Bonchev–Trinajstić information content (AvgIpc) is 2.99. The lowest BCUT2D eigenvalue weighted by Gasteiger charge is -2.24. The van der Waals surface area contributed by atoms with Crippen molar-refractivity contribution in [3.05, 3.63) is 64.6 Å². The summed E-state index contributed by atoms with van der Waals surface area (Å²) in [6.07, 6.45) is 0.981. The van der Waals surface area contributed by atoms with Gasteiger partial charge in [-0.15, -0.1) is 0 Å². The minimum atomic E-state index is -3.88. The summed E-state index contributed by atoms with van der Waals surface area (Å²) in [5.74, 6) is -0.0443. The molecule has 0 unspecified atom stereocenters. The molecular formula is C22H26N4O6S. The lowest BCUT2D eigenvalue weighted by Crippen LogP contribution is -2.38.